The molecule has 2 aliphatic rings. The third kappa shape index (κ3) is 1.26. The third-order valence-corrected chi connectivity index (χ3v) is 3.62. The maximum absolute atomic E-state index is 11.9. The van der Waals surface area contributed by atoms with E-state index < -0.39 is 0 Å². The van der Waals surface area contributed by atoms with E-state index in [1.165, 1.54) is 6.42 Å². The van der Waals surface area contributed by atoms with Crippen molar-refractivity contribution in [3.8, 4) is 0 Å². The third-order valence-electron chi connectivity index (χ3n) is 3.62. The Kier molecular flexibility index (Phi) is 1.87. The summed E-state index contributed by atoms with van der Waals surface area (Å²) in [6.07, 6.45) is 3.38. The summed E-state index contributed by atoms with van der Waals surface area (Å²) in [6.45, 7) is 0.750. The predicted molar refractivity (Wildman–Crippen MR) is 63.3 cm³/mol. The number of nitrogens with zero attached hydrogens (tertiary/aromatic N) is 1. The number of nitrogens with two attached hydrogens (primary N) is 1. The number of amides is 2. The number of hydrogen-bond donors (Lipinski definition) is 2. The standard InChI is InChI=1S/C12H15N3O/c13-9-4-1-2-5-10(9)15-8-12(6-3-7-12)14-11(15)16/h1-2,4-5H,3,6-8,13H2,(H,14,16). The molecule has 0 unspecified atom stereocenters. The van der Waals surface area contributed by atoms with Crippen LogP contribution in [0.2, 0.25) is 0 Å². The van der Waals surface area contributed by atoms with Crippen molar-refractivity contribution in [3.63, 3.8) is 0 Å². The van der Waals surface area contributed by atoms with Crippen LogP contribution in [0, 0.1) is 0 Å². The van der Waals surface area contributed by atoms with Crippen molar-refractivity contribution in [2.24, 2.45) is 0 Å². The number of hydrogen-bond acceptors (Lipinski definition) is 2. The van der Waals surface area contributed by atoms with Gasteiger partial charge in [0.25, 0.3) is 0 Å². The molecule has 4 nitrogen and oxygen atoms in total. The predicted octanol–water partition coefficient (Wildman–Crippen LogP) is 1.72. The first kappa shape index (κ1) is 9.51. The number of para-hydroxylation sites is 2. The van der Waals surface area contributed by atoms with Gasteiger partial charge >= 0.3 is 6.03 Å². The van der Waals surface area contributed by atoms with Crippen molar-refractivity contribution in [1.82, 2.24) is 5.32 Å². The topological polar surface area (TPSA) is 58.4 Å². The van der Waals surface area contributed by atoms with Crippen LogP contribution in [0.1, 0.15) is 19.3 Å². The zero-order chi connectivity index (χ0) is 11.2. The smallest absolute Gasteiger partial charge is 0.322 e. The SMILES string of the molecule is Nc1ccccc1N1CC2(CCC2)NC1=O. The molecular formula is C12H15N3O. The van der Waals surface area contributed by atoms with Gasteiger partial charge in [0, 0.05) is 0 Å². The number of anilines is 2. The zero-order valence-corrected chi connectivity index (χ0v) is 9.07. The van der Waals surface area contributed by atoms with Gasteiger partial charge in [-0.3, -0.25) is 4.90 Å². The van der Waals surface area contributed by atoms with E-state index in [9.17, 15) is 4.79 Å². The molecule has 2 amide bonds. The second-order valence-corrected chi connectivity index (χ2v) is 4.71. The van der Waals surface area contributed by atoms with E-state index in [0.29, 0.717) is 5.69 Å². The molecule has 1 aliphatic carbocycles. The van der Waals surface area contributed by atoms with Crippen LogP contribution in [-0.2, 0) is 0 Å². The van der Waals surface area contributed by atoms with Crippen molar-refractivity contribution >= 4 is 17.4 Å². The molecule has 1 spiro atoms. The number of rotatable bonds is 1. The van der Waals surface area contributed by atoms with Crippen molar-refractivity contribution in [1.29, 1.82) is 0 Å². The quantitative estimate of drug-likeness (QED) is 0.704. The molecule has 1 saturated heterocycles. The molecule has 4 heteroatoms. The van der Waals surface area contributed by atoms with Gasteiger partial charge in [-0.2, -0.15) is 0 Å². The van der Waals surface area contributed by atoms with Gasteiger partial charge in [-0.1, -0.05) is 12.1 Å². The maximum atomic E-state index is 11.9. The Morgan fingerprint density at radius 3 is 2.62 bits per heavy atom. The first-order valence-corrected chi connectivity index (χ1v) is 5.64. The van der Waals surface area contributed by atoms with E-state index in [2.05, 4.69) is 5.32 Å². The van der Waals surface area contributed by atoms with Gasteiger partial charge in [-0.25, -0.2) is 4.79 Å². The van der Waals surface area contributed by atoms with Crippen LogP contribution in [0.5, 0.6) is 0 Å². The lowest BCUT2D eigenvalue weighted by Gasteiger charge is -2.37. The molecule has 1 saturated carbocycles. The molecular weight excluding hydrogens is 202 g/mol. The Labute approximate surface area is 94.4 Å². The molecule has 2 fully saturated rings. The second-order valence-electron chi connectivity index (χ2n) is 4.71. The summed E-state index contributed by atoms with van der Waals surface area (Å²) < 4.78 is 0. The number of nitrogen functional groups attached to an aromatic ring is 1. The average Bonchev–Trinajstić information content (AvgIpc) is 2.57. The summed E-state index contributed by atoms with van der Waals surface area (Å²) in [5.74, 6) is 0. The highest BCUT2D eigenvalue weighted by molar-refractivity contribution is 5.98. The zero-order valence-electron chi connectivity index (χ0n) is 9.07. The molecule has 3 rings (SSSR count). The summed E-state index contributed by atoms with van der Waals surface area (Å²) in [5.41, 5.74) is 7.40. The van der Waals surface area contributed by atoms with Crippen molar-refractivity contribution in [2.45, 2.75) is 24.8 Å². The van der Waals surface area contributed by atoms with Crippen molar-refractivity contribution in [3.05, 3.63) is 24.3 Å². The Hall–Kier alpha value is -1.71. The van der Waals surface area contributed by atoms with Crippen LogP contribution in [0.3, 0.4) is 0 Å². The fraction of sp³-hybridized carbons (Fsp3) is 0.417. The lowest BCUT2D eigenvalue weighted by Crippen LogP contribution is -2.49. The van der Waals surface area contributed by atoms with E-state index in [-0.39, 0.29) is 11.6 Å². The van der Waals surface area contributed by atoms with Gasteiger partial charge in [-0.05, 0) is 31.4 Å². The number of benzene rings is 1. The monoisotopic (exact) mass is 217 g/mol. The van der Waals surface area contributed by atoms with Gasteiger partial charge in [0.15, 0.2) is 0 Å². The number of carbonyl (C=O) groups excluding carboxylic acids is 1. The first-order valence-electron chi connectivity index (χ1n) is 5.64. The van der Waals surface area contributed by atoms with Gasteiger partial charge in [0.05, 0.1) is 23.5 Å². The van der Waals surface area contributed by atoms with Gasteiger partial charge < -0.3 is 11.1 Å². The van der Waals surface area contributed by atoms with Crippen LogP contribution in [0.4, 0.5) is 16.2 Å². The van der Waals surface area contributed by atoms with Crippen LogP contribution in [0.15, 0.2) is 24.3 Å². The number of urea groups is 1. The van der Waals surface area contributed by atoms with Gasteiger partial charge in [-0.15, -0.1) is 0 Å². The minimum Gasteiger partial charge on any atom is -0.397 e. The molecule has 1 aromatic rings. The molecule has 0 aromatic heterocycles. The van der Waals surface area contributed by atoms with Gasteiger partial charge in [0.2, 0.25) is 0 Å². The molecule has 84 valence electrons. The fourth-order valence-electron chi connectivity index (χ4n) is 2.52. The normalized spacial score (nSPS) is 22.0. The number of nitrogens with one attached hydrogen (secondary N) is 1. The molecule has 1 heterocycles. The van der Waals surface area contributed by atoms with Crippen LogP contribution in [-0.4, -0.2) is 18.1 Å². The summed E-state index contributed by atoms with van der Waals surface area (Å²) in [7, 11) is 0. The molecule has 16 heavy (non-hydrogen) atoms. The largest absolute Gasteiger partial charge is 0.397 e. The Balaban J connectivity index is 1.91. The minimum atomic E-state index is -0.0161. The Morgan fingerprint density at radius 2 is 2.06 bits per heavy atom. The summed E-state index contributed by atoms with van der Waals surface area (Å²) in [4.78, 5) is 13.7. The fourth-order valence-corrected chi connectivity index (χ4v) is 2.52. The highest BCUT2D eigenvalue weighted by atomic mass is 16.2. The van der Waals surface area contributed by atoms with E-state index >= 15 is 0 Å². The highest BCUT2D eigenvalue weighted by Crippen LogP contribution is 2.38. The number of carbonyl (C=O) groups is 1. The van der Waals surface area contributed by atoms with Crippen molar-refractivity contribution in [2.75, 3.05) is 17.2 Å². The van der Waals surface area contributed by atoms with E-state index in [1.54, 1.807) is 4.90 Å². The molecule has 1 aromatic carbocycles. The Bertz CT molecular complexity index is 440. The molecule has 1 aliphatic heterocycles. The highest BCUT2D eigenvalue weighted by Gasteiger charge is 2.47. The molecule has 0 atom stereocenters. The summed E-state index contributed by atoms with van der Waals surface area (Å²) >= 11 is 0. The van der Waals surface area contributed by atoms with Crippen LogP contribution in [0.25, 0.3) is 0 Å². The molecule has 0 bridgehead atoms. The molecule has 0 radical (unpaired) electrons. The lowest BCUT2D eigenvalue weighted by atomic mass is 9.77. The average molecular weight is 217 g/mol. The first-order chi connectivity index (χ1) is 7.70. The van der Waals surface area contributed by atoms with Crippen LogP contribution < -0.4 is 16.0 Å². The lowest BCUT2D eigenvalue weighted by molar-refractivity contribution is 0.218. The van der Waals surface area contributed by atoms with Gasteiger partial charge in [0.1, 0.15) is 0 Å². The van der Waals surface area contributed by atoms with Crippen molar-refractivity contribution < 1.29 is 4.79 Å². The van der Waals surface area contributed by atoms with E-state index in [1.807, 2.05) is 24.3 Å². The van der Waals surface area contributed by atoms with E-state index in [4.69, 9.17) is 5.73 Å². The van der Waals surface area contributed by atoms with E-state index in [0.717, 1.165) is 25.1 Å². The second kappa shape index (κ2) is 3.14. The minimum absolute atomic E-state index is 0.0161. The maximum Gasteiger partial charge on any atom is 0.322 e. The van der Waals surface area contributed by atoms with Crippen LogP contribution >= 0.6 is 0 Å². The summed E-state index contributed by atoms with van der Waals surface area (Å²) in [6, 6.07) is 7.50. The Morgan fingerprint density at radius 1 is 1.31 bits per heavy atom. The summed E-state index contributed by atoms with van der Waals surface area (Å²) in [5, 5.41) is 3.07. The molecule has 3 N–H and O–H groups in total.